The molecule has 0 aliphatic carbocycles. The molecular formula is C12H13BrF3NO2. The Morgan fingerprint density at radius 1 is 1.42 bits per heavy atom. The van der Waals surface area contributed by atoms with Crippen LogP contribution in [-0.2, 0) is 10.9 Å². The molecule has 0 aromatic heterocycles. The minimum absolute atomic E-state index is 0.0244. The Kier molecular flexibility index (Phi) is 5.65. The average Bonchev–Trinajstić information content (AvgIpc) is 2.30. The molecule has 1 rings (SSSR count). The summed E-state index contributed by atoms with van der Waals surface area (Å²) in [6.45, 7) is 2.17. The van der Waals surface area contributed by atoms with Crippen LogP contribution in [0.1, 0.15) is 25.3 Å². The Morgan fingerprint density at radius 2 is 2.11 bits per heavy atom. The van der Waals surface area contributed by atoms with Gasteiger partial charge < -0.3 is 4.74 Å². The number of ether oxygens (including phenoxy) is 1. The summed E-state index contributed by atoms with van der Waals surface area (Å²) in [6.07, 6.45) is -3.69. The number of nitrogens with one attached hydrogen (secondary N) is 1. The lowest BCUT2D eigenvalue weighted by atomic mass is 10.2. The third-order valence-corrected chi connectivity index (χ3v) is 3.13. The van der Waals surface area contributed by atoms with E-state index < -0.39 is 17.8 Å². The first-order valence-corrected chi connectivity index (χ1v) is 6.45. The van der Waals surface area contributed by atoms with Crippen LogP contribution in [0.25, 0.3) is 0 Å². The number of carbonyl (C=O) groups excluding carboxylic acids is 1. The molecule has 1 N–H and O–H groups in total. The van der Waals surface area contributed by atoms with Gasteiger partial charge in [-0.1, -0.05) is 19.4 Å². The van der Waals surface area contributed by atoms with Gasteiger partial charge in [-0.3, -0.25) is 5.32 Å². The minimum atomic E-state index is -4.48. The van der Waals surface area contributed by atoms with Crippen LogP contribution in [0.2, 0.25) is 0 Å². The Morgan fingerprint density at radius 3 is 2.68 bits per heavy atom. The van der Waals surface area contributed by atoms with Gasteiger partial charge in [0, 0.05) is 0 Å². The predicted octanol–water partition coefficient (Wildman–Crippen LogP) is 4.82. The molecule has 0 saturated heterocycles. The van der Waals surface area contributed by atoms with Crippen molar-refractivity contribution >= 4 is 27.7 Å². The fourth-order valence-electron chi connectivity index (χ4n) is 1.30. The van der Waals surface area contributed by atoms with E-state index in [2.05, 4.69) is 21.2 Å². The molecule has 106 valence electrons. The van der Waals surface area contributed by atoms with Gasteiger partial charge in [0.15, 0.2) is 0 Å². The number of unbranched alkanes of at least 4 members (excludes halogenated alkanes) is 1. The second-order valence-corrected chi connectivity index (χ2v) is 4.57. The van der Waals surface area contributed by atoms with E-state index >= 15 is 0 Å². The van der Waals surface area contributed by atoms with Gasteiger partial charge in [0.25, 0.3) is 0 Å². The second kappa shape index (κ2) is 6.79. The minimum Gasteiger partial charge on any atom is -0.449 e. The molecule has 1 aromatic rings. The number of amides is 1. The van der Waals surface area contributed by atoms with Crippen LogP contribution < -0.4 is 5.32 Å². The van der Waals surface area contributed by atoms with Crippen molar-refractivity contribution in [3.05, 3.63) is 28.2 Å². The van der Waals surface area contributed by atoms with Crippen LogP contribution >= 0.6 is 15.9 Å². The SMILES string of the molecule is CCCCOC(=O)Nc1cccc(C(F)(F)F)c1Br. The van der Waals surface area contributed by atoms with Crippen LogP contribution in [-0.4, -0.2) is 12.7 Å². The third kappa shape index (κ3) is 4.74. The fourth-order valence-corrected chi connectivity index (χ4v) is 1.89. The highest BCUT2D eigenvalue weighted by molar-refractivity contribution is 9.10. The lowest BCUT2D eigenvalue weighted by molar-refractivity contribution is -0.138. The molecule has 3 nitrogen and oxygen atoms in total. The van der Waals surface area contributed by atoms with Crippen molar-refractivity contribution in [1.82, 2.24) is 0 Å². The molecule has 1 aromatic carbocycles. The van der Waals surface area contributed by atoms with Crippen molar-refractivity contribution in [3.63, 3.8) is 0 Å². The first-order valence-electron chi connectivity index (χ1n) is 5.65. The number of anilines is 1. The highest BCUT2D eigenvalue weighted by Gasteiger charge is 2.33. The lowest BCUT2D eigenvalue weighted by Gasteiger charge is -2.13. The molecule has 0 aliphatic heterocycles. The third-order valence-electron chi connectivity index (χ3n) is 2.27. The van der Waals surface area contributed by atoms with Gasteiger partial charge in [-0.15, -0.1) is 0 Å². The molecule has 0 fully saturated rings. The molecule has 0 spiro atoms. The number of halogens is 4. The van der Waals surface area contributed by atoms with E-state index in [1.54, 1.807) is 0 Å². The predicted molar refractivity (Wildman–Crippen MR) is 69.0 cm³/mol. The first-order chi connectivity index (χ1) is 8.86. The highest BCUT2D eigenvalue weighted by atomic mass is 79.9. The van der Waals surface area contributed by atoms with Crippen molar-refractivity contribution in [2.24, 2.45) is 0 Å². The first kappa shape index (κ1) is 15.8. The molecule has 0 radical (unpaired) electrons. The molecule has 0 unspecified atom stereocenters. The number of hydrogen-bond donors (Lipinski definition) is 1. The molecular weight excluding hydrogens is 327 g/mol. The summed E-state index contributed by atoms with van der Waals surface area (Å²) in [7, 11) is 0. The van der Waals surface area contributed by atoms with Gasteiger partial charge >= 0.3 is 12.3 Å². The monoisotopic (exact) mass is 339 g/mol. The van der Waals surface area contributed by atoms with Crippen LogP contribution in [0.3, 0.4) is 0 Å². The molecule has 0 heterocycles. The van der Waals surface area contributed by atoms with Gasteiger partial charge in [-0.05, 0) is 34.5 Å². The molecule has 0 aliphatic rings. The van der Waals surface area contributed by atoms with Crippen LogP contribution in [0.15, 0.2) is 22.7 Å². The van der Waals surface area contributed by atoms with E-state index in [4.69, 9.17) is 4.74 Å². The normalized spacial score (nSPS) is 11.2. The van der Waals surface area contributed by atoms with Gasteiger partial charge in [-0.25, -0.2) is 4.79 Å². The Bertz CT molecular complexity index is 449. The summed E-state index contributed by atoms with van der Waals surface area (Å²) in [5, 5.41) is 2.27. The Balaban J connectivity index is 2.77. The van der Waals surface area contributed by atoms with Crippen molar-refractivity contribution < 1.29 is 22.7 Å². The van der Waals surface area contributed by atoms with Crippen molar-refractivity contribution in [3.8, 4) is 0 Å². The van der Waals surface area contributed by atoms with E-state index in [0.717, 1.165) is 12.5 Å². The van der Waals surface area contributed by atoms with E-state index in [0.29, 0.717) is 6.42 Å². The van der Waals surface area contributed by atoms with Gasteiger partial charge in [0.1, 0.15) is 0 Å². The lowest BCUT2D eigenvalue weighted by Crippen LogP contribution is -2.16. The molecule has 0 bridgehead atoms. The Hall–Kier alpha value is -1.24. The molecule has 19 heavy (non-hydrogen) atoms. The van der Waals surface area contributed by atoms with Gasteiger partial charge in [0.05, 0.1) is 22.3 Å². The quantitative estimate of drug-likeness (QED) is 0.799. The number of carbonyl (C=O) groups is 1. The molecule has 7 heteroatoms. The average molecular weight is 340 g/mol. The fraction of sp³-hybridized carbons (Fsp3) is 0.417. The number of benzene rings is 1. The number of alkyl halides is 3. The summed E-state index contributed by atoms with van der Waals surface area (Å²) >= 11 is 2.84. The zero-order chi connectivity index (χ0) is 14.5. The van der Waals surface area contributed by atoms with E-state index in [9.17, 15) is 18.0 Å². The smallest absolute Gasteiger partial charge is 0.417 e. The van der Waals surface area contributed by atoms with Crippen molar-refractivity contribution in [2.45, 2.75) is 25.9 Å². The van der Waals surface area contributed by atoms with Crippen LogP contribution in [0.5, 0.6) is 0 Å². The van der Waals surface area contributed by atoms with E-state index in [1.807, 2.05) is 6.92 Å². The summed E-state index contributed by atoms with van der Waals surface area (Å²) < 4.78 is 42.5. The summed E-state index contributed by atoms with van der Waals surface area (Å²) in [5.41, 5.74) is -0.824. The van der Waals surface area contributed by atoms with Crippen molar-refractivity contribution in [2.75, 3.05) is 11.9 Å². The molecule has 0 saturated carbocycles. The van der Waals surface area contributed by atoms with E-state index in [-0.39, 0.29) is 16.8 Å². The second-order valence-electron chi connectivity index (χ2n) is 3.78. The Labute approximate surface area is 117 Å². The van der Waals surface area contributed by atoms with Crippen LogP contribution in [0.4, 0.5) is 23.7 Å². The topological polar surface area (TPSA) is 38.3 Å². The summed E-state index contributed by atoms with van der Waals surface area (Å²) in [6, 6.07) is 3.51. The largest absolute Gasteiger partial charge is 0.449 e. The van der Waals surface area contributed by atoms with Gasteiger partial charge in [0.2, 0.25) is 0 Å². The summed E-state index contributed by atoms with van der Waals surface area (Å²) in [5.74, 6) is 0. The maximum absolute atomic E-state index is 12.6. The molecule has 0 atom stereocenters. The number of hydrogen-bond acceptors (Lipinski definition) is 2. The van der Waals surface area contributed by atoms with Crippen molar-refractivity contribution in [1.29, 1.82) is 0 Å². The zero-order valence-electron chi connectivity index (χ0n) is 10.2. The van der Waals surface area contributed by atoms with E-state index in [1.165, 1.54) is 12.1 Å². The maximum Gasteiger partial charge on any atom is 0.417 e. The highest BCUT2D eigenvalue weighted by Crippen LogP contribution is 2.38. The van der Waals surface area contributed by atoms with Gasteiger partial charge in [-0.2, -0.15) is 13.2 Å². The van der Waals surface area contributed by atoms with Crippen LogP contribution in [0, 0.1) is 0 Å². The summed E-state index contributed by atoms with van der Waals surface area (Å²) in [4.78, 5) is 11.4. The standard InChI is InChI=1S/C12H13BrF3NO2/c1-2-3-7-19-11(18)17-9-6-4-5-8(10(9)13)12(14,15)16/h4-6H,2-3,7H2,1H3,(H,17,18). The molecule has 1 amide bonds. The zero-order valence-corrected chi connectivity index (χ0v) is 11.8. The number of rotatable bonds is 4. The maximum atomic E-state index is 12.6.